The van der Waals surface area contributed by atoms with Crippen LogP contribution in [0.2, 0.25) is 0 Å². The Bertz CT molecular complexity index is 390. The van der Waals surface area contributed by atoms with Crippen LogP contribution in [0.4, 0.5) is 0 Å². The molecule has 0 bridgehead atoms. The number of aryl methyl sites for hydroxylation is 2. The summed E-state index contributed by atoms with van der Waals surface area (Å²) in [5, 5.41) is 0. The van der Waals surface area contributed by atoms with Gasteiger partial charge in [-0.2, -0.15) is 0 Å². The van der Waals surface area contributed by atoms with E-state index in [0.29, 0.717) is 6.04 Å². The van der Waals surface area contributed by atoms with E-state index in [1.165, 1.54) is 42.6 Å². The summed E-state index contributed by atoms with van der Waals surface area (Å²) >= 11 is 0. The van der Waals surface area contributed by atoms with Gasteiger partial charge in [-0.3, -0.25) is 4.90 Å². The van der Waals surface area contributed by atoms with E-state index in [9.17, 15) is 0 Å². The molecule has 1 aromatic carbocycles. The van der Waals surface area contributed by atoms with Gasteiger partial charge >= 0.3 is 0 Å². The van der Waals surface area contributed by atoms with Gasteiger partial charge in [0.05, 0.1) is 0 Å². The zero-order valence-electron chi connectivity index (χ0n) is 11.9. The number of benzene rings is 1. The highest BCUT2D eigenvalue weighted by Crippen LogP contribution is 2.22. The quantitative estimate of drug-likeness (QED) is 0.888. The first kappa shape index (κ1) is 13.6. The lowest BCUT2D eigenvalue weighted by atomic mass is 9.90. The Balaban J connectivity index is 1.91. The molecule has 0 radical (unpaired) electrons. The smallest absolute Gasteiger partial charge is 0.0236 e. The van der Waals surface area contributed by atoms with Gasteiger partial charge in [0, 0.05) is 12.6 Å². The molecule has 1 aliphatic heterocycles. The Morgan fingerprint density at radius 3 is 2.50 bits per heavy atom. The molecule has 18 heavy (non-hydrogen) atoms. The molecule has 1 atom stereocenters. The molecule has 0 saturated carbocycles. The predicted octanol–water partition coefficient (Wildman–Crippen LogP) is 2.86. The summed E-state index contributed by atoms with van der Waals surface area (Å²) in [7, 11) is 0. The molecule has 100 valence electrons. The zero-order valence-corrected chi connectivity index (χ0v) is 11.9. The van der Waals surface area contributed by atoms with E-state index in [-0.39, 0.29) is 0 Å². The summed E-state index contributed by atoms with van der Waals surface area (Å²) in [6, 6.07) is 7.14. The van der Waals surface area contributed by atoms with Crippen LogP contribution in [0.25, 0.3) is 0 Å². The molecule has 1 saturated heterocycles. The summed E-state index contributed by atoms with van der Waals surface area (Å²) in [4.78, 5) is 2.57. The van der Waals surface area contributed by atoms with E-state index in [0.717, 1.165) is 12.5 Å². The molecule has 1 unspecified atom stereocenters. The molecular weight excluding hydrogens is 220 g/mol. The fourth-order valence-electron chi connectivity index (χ4n) is 2.90. The van der Waals surface area contributed by atoms with Crippen molar-refractivity contribution in [2.75, 3.05) is 13.1 Å². The van der Waals surface area contributed by atoms with Gasteiger partial charge in [0.1, 0.15) is 0 Å². The van der Waals surface area contributed by atoms with Crippen LogP contribution >= 0.6 is 0 Å². The van der Waals surface area contributed by atoms with Crippen molar-refractivity contribution in [3.8, 4) is 0 Å². The van der Waals surface area contributed by atoms with Crippen LogP contribution in [-0.2, 0) is 6.54 Å². The Morgan fingerprint density at radius 1 is 1.28 bits per heavy atom. The van der Waals surface area contributed by atoms with Crippen LogP contribution in [0.3, 0.4) is 0 Å². The maximum absolute atomic E-state index is 5.99. The molecule has 2 N–H and O–H groups in total. The average molecular weight is 246 g/mol. The molecule has 0 aliphatic carbocycles. The van der Waals surface area contributed by atoms with Crippen molar-refractivity contribution >= 4 is 0 Å². The lowest BCUT2D eigenvalue weighted by Crippen LogP contribution is -2.39. The van der Waals surface area contributed by atoms with E-state index in [4.69, 9.17) is 5.73 Å². The van der Waals surface area contributed by atoms with Crippen molar-refractivity contribution in [2.24, 2.45) is 11.7 Å². The minimum Gasteiger partial charge on any atom is -0.328 e. The predicted molar refractivity (Wildman–Crippen MR) is 77.6 cm³/mol. The third-order valence-electron chi connectivity index (χ3n) is 4.27. The third kappa shape index (κ3) is 3.33. The maximum atomic E-state index is 5.99. The van der Waals surface area contributed by atoms with Crippen molar-refractivity contribution in [1.82, 2.24) is 4.90 Å². The van der Waals surface area contributed by atoms with Gasteiger partial charge < -0.3 is 5.73 Å². The summed E-state index contributed by atoms with van der Waals surface area (Å²) in [5.41, 5.74) is 10.2. The second kappa shape index (κ2) is 5.85. The van der Waals surface area contributed by atoms with Crippen molar-refractivity contribution in [1.29, 1.82) is 0 Å². The van der Waals surface area contributed by atoms with Crippen LogP contribution in [0.5, 0.6) is 0 Å². The van der Waals surface area contributed by atoms with Gasteiger partial charge in [-0.05, 0) is 63.7 Å². The first-order valence-electron chi connectivity index (χ1n) is 7.10. The molecule has 0 aromatic heterocycles. The Morgan fingerprint density at radius 2 is 1.94 bits per heavy atom. The fraction of sp³-hybridized carbons (Fsp3) is 0.625. The standard InChI is InChI=1S/C16H26N2/c1-12-4-5-16(13(2)10-12)11-18-8-6-15(7-9-18)14(3)17/h4-5,10,14-15H,6-9,11,17H2,1-3H3. The van der Waals surface area contributed by atoms with Crippen LogP contribution < -0.4 is 5.73 Å². The highest BCUT2D eigenvalue weighted by molar-refractivity contribution is 5.30. The molecule has 1 fully saturated rings. The number of nitrogens with zero attached hydrogens (tertiary/aromatic N) is 1. The summed E-state index contributed by atoms with van der Waals surface area (Å²) in [5.74, 6) is 0.723. The first-order chi connectivity index (χ1) is 8.56. The molecule has 2 rings (SSSR count). The van der Waals surface area contributed by atoms with Gasteiger partial charge in [-0.1, -0.05) is 23.8 Å². The van der Waals surface area contributed by atoms with Crippen molar-refractivity contribution in [3.05, 3.63) is 34.9 Å². The zero-order chi connectivity index (χ0) is 13.1. The molecular formula is C16H26N2. The number of nitrogens with two attached hydrogens (primary N) is 1. The molecule has 1 heterocycles. The van der Waals surface area contributed by atoms with Crippen LogP contribution in [-0.4, -0.2) is 24.0 Å². The van der Waals surface area contributed by atoms with Crippen molar-refractivity contribution < 1.29 is 0 Å². The topological polar surface area (TPSA) is 29.3 Å². The fourth-order valence-corrected chi connectivity index (χ4v) is 2.90. The van der Waals surface area contributed by atoms with Crippen LogP contribution in [0.15, 0.2) is 18.2 Å². The second-order valence-corrected chi connectivity index (χ2v) is 5.90. The van der Waals surface area contributed by atoms with Crippen molar-refractivity contribution in [2.45, 2.75) is 46.2 Å². The summed E-state index contributed by atoms with van der Waals surface area (Å²) in [6.45, 7) is 10.0. The van der Waals surface area contributed by atoms with Gasteiger partial charge in [-0.25, -0.2) is 0 Å². The molecule has 1 aromatic rings. The minimum absolute atomic E-state index is 0.355. The first-order valence-corrected chi connectivity index (χ1v) is 7.10. The maximum Gasteiger partial charge on any atom is 0.0236 e. The third-order valence-corrected chi connectivity index (χ3v) is 4.27. The van der Waals surface area contributed by atoms with Gasteiger partial charge in [0.2, 0.25) is 0 Å². The SMILES string of the molecule is Cc1ccc(CN2CCC(C(C)N)CC2)c(C)c1. The molecule has 0 spiro atoms. The summed E-state index contributed by atoms with van der Waals surface area (Å²) in [6.07, 6.45) is 2.51. The highest BCUT2D eigenvalue weighted by atomic mass is 15.1. The Hall–Kier alpha value is -0.860. The number of likely N-dealkylation sites (tertiary alicyclic amines) is 1. The van der Waals surface area contributed by atoms with E-state index in [1.54, 1.807) is 0 Å². The number of hydrogen-bond donors (Lipinski definition) is 1. The number of rotatable bonds is 3. The lowest BCUT2D eigenvalue weighted by molar-refractivity contribution is 0.165. The highest BCUT2D eigenvalue weighted by Gasteiger charge is 2.21. The molecule has 1 aliphatic rings. The normalized spacial score (nSPS) is 20.0. The van der Waals surface area contributed by atoms with E-state index in [1.807, 2.05) is 0 Å². The molecule has 0 amide bonds. The second-order valence-electron chi connectivity index (χ2n) is 5.90. The van der Waals surface area contributed by atoms with Crippen LogP contribution in [0.1, 0.15) is 36.5 Å². The largest absolute Gasteiger partial charge is 0.328 e. The van der Waals surface area contributed by atoms with Gasteiger partial charge in [0.25, 0.3) is 0 Å². The summed E-state index contributed by atoms with van der Waals surface area (Å²) < 4.78 is 0. The van der Waals surface area contributed by atoms with E-state index >= 15 is 0 Å². The monoisotopic (exact) mass is 246 g/mol. The molecule has 2 heteroatoms. The van der Waals surface area contributed by atoms with Gasteiger partial charge in [0.15, 0.2) is 0 Å². The Kier molecular flexibility index (Phi) is 4.41. The van der Waals surface area contributed by atoms with Gasteiger partial charge in [-0.15, -0.1) is 0 Å². The van der Waals surface area contributed by atoms with E-state index < -0.39 is 0 Å². The molecule has 2 nitrogen and oxygen atoms in total. The van der Waals surface area contributed by atoms with E-state index in [2.05, 4.69) is 43.9 Å². The average Bonchev–Trinajstić information content (AvgIpc) is 2.33. The lowest BCUT2D eigenvalue weighted by Gasteiger charge is -2.34. The Labute approximate surface area is 111 Å². The minimum atomic E-state index is 0.355. The van der Waals surface area contributed by atoms with Crippen molar-refractivity contribution in [3.63, 3.8) is 0 Å². The number of hydrogen-bond acceptors (Lipinski definition) is 2. The number of piperidine rings is 1. The van der Waals surface area contributed by atoms with Crippen LogP contribution in [0, 0.1) is 19.8 Å².